The summed E-state index contributed by atoms with van der Waals surface area (Å²) in [6.45, 7) is 8.23. The van der Waals surface area contributed by atoms with Crippen LogP contribution in [0.3, 0.4) is 0 Å². The predicted molar refractivity (Wildman–Crippen MR) is 137 cm³/mol. The molecule has 0 fully saturated rings. The van der Waals surface area contributed by atoms with E-state index in [-0.39, 0.29) is 28.6 Å². The van der Waals surface area contributed by atoms with Gasteiger partial charge in [0.2, 0.25) is 0 Å². The van der Waals surface area contributed by atoms with Crippen molar-refractivity contribution in [2.75, 3.05) is 10.6 Å². The molecule has 12 heteroatoms. The van der Waals surface area contributed by atoms with Crippen molar-refractivity contribution in [1.82, 2.24) is 15.3 Å². The Morgan fingerprint density at radius 2 is 1.68 bits per heavy atom. The number of carbonyl (C=O) groups excluding carboxylic acids is 2. The Hall–Kier alpha value is -4.35. The summed E-state index contributed by atoms with van der Waals surface area (Å²) in [5, 5.41) is 8.32. The zero-order valence-electron chi connectivity index (χ0n) is 21.5. The van der Waals surface area contributed by atoms with E-state index in [1.807, 2.05) is 0 Å². The van der Waals surface area contributed by atoms with Crippen LogP contribution >= 0.6 is 0 Å². The lowest BCUT2D eigenvalue weighted by atomic mass is 10.00. The van der Waals surface area contributed by atoms with Gasteiger partial charge in [-0.3, -0.25) is 9.78 Å². The van der Waals surface area contributed by atoms with E-state index in [9.17, 15) is 18.4 Å². The first kappa shape index (κ1) is 28.2. The number of halogens is 3. The second kappa shape index (κ2) is 11.4. The zero-order valence-corrected chi connectivity index (χ0v) is 21.5. The van der Waals surface area contributed by atoms with Crippen LogP contribution in [-0.2, 0) is 4.74 Å². The molecule has 0 aliphatic rings. The zero-order chi connectivity index (χ0) is 28.2. The van der Waals surface area contributed by atoms with Crippen LogP contribution in [0.15, 0.2) is 42.6 Å². The molecule has 2 amide bonds. The average molecular weight is 531 g/mol. The topological polar surface area (TPSA) is 131 Å². The van der Waals surface area contributed by atoms with Crippen LogP contribution in [0.5, 0.6) is 0 Å². The Bertz CT molecular complexity index is 1330. The van der Waals surface area contributed by atoms with Crippen molar-refractivity contribution in [2.24, 2.45) is 5.73 Å². The number of nitrogens with two attached hydrogens (primary N) is 1. The fourth-order valence-electron chi connectivity index (χ4n) is 3.48. The van der Waals surface area contributed by atoms with Gasteiger partial charge in [0, 0.05) is 6.07 Å². The van der Waals surface area contributed by atoms with Crippen LogP contribution in [0.25, 0.3) is 0 Å². The van der Waals surface area contributed by atoms with Crippen LogP contribution in [0, 0.1) is 24.4 Å². The van der Waals surface area contributed by atoms with Crippen LogP contribution in [0.4, 0.5) is 35.3 Å². The molecule has 202 valence electrons. The Morgan fingerprint density at radius 1 is 1.03 bits per heavy atom. The van der Waals surface area contributed by atoms with Crippen molar-refractivity contribution in [2.45, 2.75) is 52.3 Å². The Kier molecular flexibility index (Phi) is 8.44. The molecule has 5 N–H and O–H groups in total. The molecule has 38 heavy (non-hydrogen) atoms. The SMILES string of the molecule is Cc1ncc(Nc2nc(N[C@H](c3ccc(F)cc3)[C@H](C)NC(=O)OC(C)(C)C)c(F)cc2C(N)=O)cc1F. The van der Waals surface area contributed by atoms with Gasteiger partial charge in [0.1, 0.15) is 23.1 Å². The van der Waals surface area contributed by atoms with E-state index in [1.54, 1.807) is 27.7 Å². The van der Waals surface area contributed by atoms with Gasteiger partial charge in [0.05, 0.1) is 35.2 Å². The first-order chi connectivity index (χ1) is 17.7. The van der Waals surface area contributed by atoms with Gasteiger partial charge >= 0.3 is 6.09 Å². The number of aromatic nitrogens is 2. The van der Waals surface area contributed by atoms with Gasteiger partial charge < -0.3 is 26.4 Å². The number of carbonyl (C=O) groups is 2. The summed E-state index contributed by atoms with van der Waals surface area (Å²) in [6.07, 6.45) is 0.600. The van der Waals surface area contributed by atoms with Gasteiger partial charge in [-0.05, 0) is 58.4 Å². The highest BCUT2D eigenvalue weighted by atomic mass is 19.1. The number of hydrogen-bond acceptors (Lipinski definition) is 7. The van der Waals surface area contributed by atoms with E-state index in [0.717, 1.165) is 12.1 Å². The molecule has 1 aromatic carbocycles. The highest BCUT2D eigenvalue weighted by Gasteiger charge is 2.26. The lowest BCUT2D eigenvalue weighted by Gasteiger charge is -2.29. The van der Waals surface area contributed by atoms with Gasteiger partial charge in [-0.2, -0.15) is 0 Å². The summed E-state index contributed by atoms with van der Waals surface area (Å²) in [5.74, 6) is -3.45. The number of amides is 2. The number of alkyl carbamates (subject to hydrolysis) is 1. The van der Waals surface area contributed by atoms with Crippen molar-refractivity contribution >= 4 is 29.3 Å². The van der Waals surface area contributed by atoms with Crippen LogP contribution in [-0.4, -0.2) is 33.6 Å². The standard InChI is InChI=1S/C26H29F3N6O3/c1-13-19(28)10-17(12-31-13)33-23-18(22(30)36)11-20(29)24(35-23)34-21(15-6-8-16(27)9-7-15)14(2)32-25(37)38-26(3,4)5/h6-12,14,21H,1-5H3,(H2,30,36)(H,32,37)(H2,33,34,35)/t14-,21-/m0/s1. The first-order valence-electron chi connectivity index (χ1n) is 11.6. The largest absolute Gasteiger partial charge is 0.444 e. The Morgan fingerprint density at radius 3 is 2.26 bits per heavy atom. The third kappa shape index (κ3) is 7.34. The van der Waals surface area contributed by atoms with E-state index in [4.69, 9.17) is 10.5 Å². The summed E-state index contributed by atoms with van der Waals surface area (Å²) >= 11 is 0. The monoisotopic (exact) mass is 530 g/mol. The summed E-state index contributed by atoms with van der Waals surface area (Å²) in [6, 6.07) is 5.86. The molecule has 0 spiro atoms. The molecule has 2 heterocycles. The molecule has 2 atom stereocenters. The molecule has 0 bridgehead atoms. The third-order valence-electron chi connectivity index (χ3n) is 5.30. The third-order valence-corrected chi connectivity index (χ3v) is 5.30. The van der Waals surface area contributed by atoms with Crippen LogP contribution < -0.4 is 21.7 Å². The van der Waals surface area contributed by atoms with E-state index in [1.165, 1.54) is 37.4 Å². The minimum Gasteiger partial charge on any atom is -0.444 e. The minimum atomic E-state index is -0.971. The lowest BCUT2D eigenvalue weighted by Crippen LogP contribution is -2.42. The number of ether oxygens (including phenoxy) is 1. The second-order valence-electron chi connectivity index (χ2n) is 9.60. The van der Waals surface area contributed by atoms with Crippen LogP contribution in [0.2, 0.25) is 0 Å². The normalized spacial score (nSPS) is 12.8. The molecule has 0 radical (unpaired) electrons. The van der Waals surface area contributed by atoms with Crippen molar-refractivity contribution in [3.05, 3.63) is 76.9 Å². The molecule has 0 saturated carbocycles. The maximum atomic E-state index is 15.1. The molecule has 0 unspecified atom stereocenters. The Labute approximate surface area is 218 Å². The highest BCUT2D eigenvalue weighted by molar-refractivity contribution is 5.98. The summed E-state index contributed by atoms with van der Waals surface area (Å²) in [4.78, 5) is 32.5. The van der Waals surface area contributed by atoms with Crippen molar-refractivity contribution in [3.8, 4) is 0 Å². The summed E-state index contributed by atoms with van der Waals surface area (Å²) in [5.41, 5.74) is 5.17. The summed E-state index contributed by atoms with van der Waals surface area (Å²) < 4.78 is 48.1. The van der Waals surface area contributed by atoms with Crippen molar-refractivity contribution in [3.63, 3.8) is 0 Å². The maximum Gasteiger partial charge on any atom is 0.407 e. The van der Waals surface area contributed by atoms with Gasteiger partial charge in [0.15, 0.2) is 11.6 Å². The van der Waals surface area contributed by atoms with Crippen LogP contribution in [0.1, 0.15) is 55.4 Å². The minimum absolute atomic E-state index is 0.149. The molecule has 2 aromatic heterocycles. The average Bonchev–Trinajstić information content (AvgIpc) is 2.80. The number of aryl methyl sites for hydroxylation is 1. The maximum absolute atomic E-state index is 15.1. The quantitative estimate of drug-likeness (QED) is 0.318. The second-order valence-corrected chi connectivity index (χ2v) is 9.60. The number of nitrogens with zero attached hydrogens (tertiary/aromatic N) is 2. The van der Waals surface area contributed by atoms with Gasteiger partial charge in [0.25, 0.3) is 5.91 Å². The fourth-order valence-corrected chi connectivity index (χ4v) is 3.48. The van der Waals surface area contributed by atoms with E-state index < -0.39 is 47.1 Å². The van der Waals surface area contributed by atoms with E-state index >= 15 is 4.39 Å². The van der Waals surface area contributed by atoms with Crippen molar-refractivity contribution in [1.29, 1.82) is 0 Å². The molecule has 0 aliphatic carbocycles. The molecule has 3 rings (SSSR count). The number of hydrogen-bond donors (Lipinski definition) is 4. The summed E-state index contributed by atoms with van der Waals surface area (Å²) in [7, 11) is 0. The molecule has 0 aliphatic heterocycles. The van der Waals surface area contributed by atoms with Crippen molar-refractivity contribution < 1.29 is 27.5 Å². The molecular formula is C26H29F3N6O3. The number of primary amides is 1. The highest BCUT2D eigenvalue weighted by Crippen LogP contribution is 2.28. The first-order valence-corrected chi connectivity index (χ1v) is 11.6. The molecule has 3 aromatic rings. The van der Waals surface area contributed by atoms with E-state index in [0.29, 0.717) is 5.56 Å². The number of pyridine rings is 2. The number of benzene rings is 1. The number of rotatable bonds is 8. The van der Waals surface area contributed by atoms with Gasteiger partial charge in [-0.15, -0.1) is 0 Å². The Balaban J connectivity index is 1.99. The predicted octanol–water partition coefficient (Wildman–Crippen LogP) is 5.11. The smallest absolute Gasteiger partial charge is 0.407 e. The van der Waals surface area contributed by atoms with Gasteiger partial charge in [-0.25, -0.2) is 22.9 Å². The van der Waals surface area contributed by atoms with E-state index in [2.05, 4.69) is 25.9 Å². The van der Waals surface area contributed by atoms with Gasteiger partial charge in [-0.1, -0.05) is 12.1 Å². The molecular weight excluding hydrogens is 501 g/mol. The number of nitrogens with one attached hydrogen (secondary N) is 3. The molecule has 0 saturated heterocycles. The fraction of sp³-hybridized carbons (Fsp3) is 0.308. The lowest BCUT2D eigenvalue weighted by molar-refractivity contribution is 0.0503. The number of anilines is 3. The molecule has 9 nitrogen and oxygen atoms in total.